The fourth-order valence-corrected chi connectivity index (χ4v) is 4.11. The minimum atomic E-state index is 0.569. The van der Waals surface area contributed by atoms with Gasteiger partial charge in [0.05, 0.1) is 23.6 Å². The van der Waals surface area contributed by atoms with Crippen LogP contribution in [0.1, 0.15) is 54.8 Å². The molecule has 0 unspecified atom stereocenters. The van der Waals surface area contributed by atoms with Crippen molar-refractivity contribution in [3.05, 3.63) is 53.6 Å². The number of hydrogen-bond acceptors (Lipinski definition) is 4. The van der Waals surface area contributed by atoms with Gasteiger partial charge in [0.1, 0.15) is 5.82 Å². The fourth-order valence-electron chi connectivity index (χ4n) is 4.11. The summed E-state index contributed by atoms with van der Waals surface area (Å²) in [4.78, 5) is 12.4. The minimum absolute atomic E-state index is 0.569. The number of nitrogens with one attached hydrogen (secondary N) is 2. The molecule has 0 aliphatic heterocycles. The Morgan fingerprint density at radius 2 is 2.07 bits per heavy atom. The number of aryl methyl sites for hydroxylation is 1. The number of aromatic nitrogens is 5. The van der Waals surface area contributed by atoms with Gasteiger partial charge in [-0.05, 0) is 37.5 Å². The molecule has 3 aromatic heterocycles. The van der Waals surface area contributed by atoms with Gasteiger partial charge in [0, 0.05) is 29.8 Å². The first-order valence-electron chi connectivity index (χ1n) is 9.79. The SMILES string of the molecule is Cc1cnn2c(NCc3ccc4nc[nH]c4c3)cc(C3CCCCC3)nc12. The van der Waals surface area contributed by atoms with Gasteiger partial charge in [-0.25, -0.2) is 9.97 Å². The summed E-state index contributed by atoms with van der Waals surface area (Å²) in [5.41, 5.74) is 6.55. The Labute approximate surface area is 158 Å². The average Bonchev–Trinajstić information content (AvgIpc) is 3.33. The van der Waals surface area contributed by atoms with Crippen molar-refractivity contribution in [1.82, 2.24) is 24.6 Å². The second kappa shape index (κ2) is 6.68. The Morgan fingerprint density at radius 1 is 1.19 bits per heavy atom. The highest BCUT2D eigenvalue weighted by atomic mass is 15.3. The van der Waals surface area contributed by atoms with Crippen molar-refractivity contribution >= 4 is 22.5 Å². The molecule has 0 amide bonds. The smallest absolute Gasteiger partial charge is 0.160 e. The van der Waals surface area contributed by atoms with Crippen LogP contribution >= 0.6 is 0 Å². The van der Waals surface area contributed by atoms with E-state index in [1.165, 1.54) is 43.4 Å². The van der Waals surface area contributed by atoms with E-state index in [1.54, 1.807) is 6.33 Å². The van der Waals surface area contributed by atoms with Gasteiger partial charge in [0.15, 0.2) is 5.65 Å². The summed E-state index contributed by atoms with van der Waals surface area (Å²) in [6, 6.07) is 8.51. The Hall–Kier alpha value is -2.89. The van der Waals surface area contributed by atoms with Gasteiger partial charge < -0.3 is 10.3 Å². The molecule has 27 heavy (non-hydrogen) atoms. The summed E-state index contributed by atoms with van der Waals surface area (Å²) in [6.07, 6.45) is 10.1. The van der Waals surface area contributed by atoms with E-state index in [0.29, 0.717) is 5.92 Å². The minimum Gasteiger partial charge on any atom is -0.366 e. The molecule has 2 N–H and O–H groups in total. The molecule has 1 aliphatic carbocycles. The molecule has 0 bridgehead atoms. The summed E-state index contributed by atoms with van der Waals surface area (Å²) in [7, 11) is 0. The molecule has 1 aliphatic rings. The third-order valence-corrected chi connectivity index (χ3v) is 5.65. The molecule has 6 nitrogen and oxygen atoms in total. The Bertz CT molecular complexity index is 1090. The molecule has 0 saturated heterocycles. The summed E-state index contributed by atoms with van der Waals surface area (Å²) in [5.74, 6) is 1.58. The van der Waals surface area contributed by atoms with E-state index in [2.05, 4.69) is 51.6 Å². The molecule has 1 aromatic carbocycles. The summed E-state index contributed by atoms with van der Waals surface area (Å²) >= 11 is 0. The van der Waals surface area contributed by atoms with Gasteiger partial charge in [0.2, 0.25) is 0 Å². The van der Waals surface area contributed by atoms with Crippen LogP contribution in [0.3, 0.4) is 0 Å². The maximum Gasteiger partial charge on any atom is 0.160 e. The maximum atomic E-state index is 4.96. The monoisotopic (exact) mass is 360 g/mol. The predicted octanol–water partition coefficient (Wildman–Crippen LogP) is 4.57. The number of hydrogen-bond donors (Lipinski definition) is 2. The molecule has 3 heterocycles. The number of aromatic amines is 1. The molecule has 0 atom stereocenters. The zero-order valence-electron chi connectivity index (χ0n) is 15.6. The lowest BCUT2D eigenvalue weighted by molar-refractivity contribution is 0.437. The second-order valence-electron chi connectivity index (χ2n) is 7.57. The van der Waals surface area contributed by atoms with E-state index in [9.17, 15) is 0 Å². The van der Waals surface area contributed by atoms with Gasteiger partial charge in [-0.2, -0.15) is 9.61 Å². The standard InChI is InChI=1S/C21H24N6/c1-14-11-25-27-20(10-18(26-21(14)27)16-5-3-2-4-6-16)22-12-15-7-8-17-19(9-15)24-13-23-17/h7-11,13,16,22H,2-6,12H2,1H3,(H,23,24). The lowest BCUT2D eigenvalue weighted by Gasteiger charge is -2.22. The number of benzene rings is 1. The normalized spacial score (nSPS) is 15.6. The summed E-state index contributed by atoms with van der Waals surface area (Å²) < 4.78 is 1.93. The number of H-pyrrole nitrogens is 1. The average molecular weight is 360 g/mol. The Balaban J connectivity index is 1.47. The van der Waals surface area contributed by atoms with Crippen molar-refractivity contribution in [3.8, 4) is 0 Å². The van der Waals surface area contributed by atoms with Crippen molar-refractivity contribution in [1.29, 1.82) is 0 Å². The molecular formula is C21H24N6. The molecule has 4 aromatic rings. The van der Waals surface area contributed by atoms with Crippen LogP contribution in [-0.2, 0) is 6.54 Å². The zero-order chi connectivity index (χ0) is 18.2. The fraction of sp³-hybridized carbons (Fsp3) is 0.381. The van der Waals surface area contributed by atoms with Gasteiger partial charge >= 0.3 is 0 Å². The molecule has 6 heteroatoms. The highest BCUT2D eigenvalue weighted by Crippen LogP contribution is 2.33. The van der Waals surface area contributed by atoms with Gasteiger partial charge in [-0.1, -0.05) is 25.3 Å². The highest BCUT2D eigenvalue weighted by Gasteiger charge is 2.19. The summed E-state index contributed by atoms with van der Waals surface area (Å²) in [6.45, 7) is 2.81. The first-order valence-corrected chi connectivity index (χ1v) is 9.79. The van der Waals surface area contributed by atoms with Gasteiger partial charge in [-0.3, -0.25) is 0 Å². The third-order valence-electron chi connectivity index (χ3n) is 5.65. The van der Waals surface area contributed by atoms with Crippen LogP contribution in [0.5, 0.6) is 0 Å². The maximum absolute atomic E-state index is 4.96. The number of anilines is 1. The number of imidazole rings is 1. The number of rotatable bonds is 4. The lowest BCUT2D eigenvalue weighted by Crippen LogP contribution is -2.11. The summed E-state index contributed by atoms with van der Waals surface area (Å²) in [5, 5.41) is 8.11. The molecule has 0 spiro atoms. The first kappa shape index (κ1) is 16.3. The van der Waals surface area contributed by atoms with E-state index in [4.69, 9.17) is 4.98 Å². The van der Waals surface area contributed by atoms with Gasteiger partial charge in [0.25, 0.3) is 0 Å². The van der Waals surface area contributed by atoms with E-state index >= 15 is 0 Å². The Kier molecular flexibility index (Phi) is 4.03. The molecule has 1 saturated carbocycles. The van der Waals surface area contributed by atoms with E-state index in [1.807, 2.05) is 10.7 Å². The number of nitrogens with zero attached hydrogens (tertiary/aromatic N) is 4. The Morgan fingerprint density at radius 3 is 2.96 bits per heavy atom. The van der Waals surface area contributed by atoms with Crippen molar-refractivity contribution in [2.24, 2.45) is 0 Å². The molecule has 0 radical (unpaired) electrons. The number of fused-ring (bicyclic) bond motifs is 2. The predicted molar refractivity (Wildman–Crippen MR) is 107 cm³/mol. The lowest BCUT2D eigenvalue weighted by atomic mass is 9.87. The van der Waals surface area contributed by atoms with Crippen LogP contribution in [0.25, 0.3) is 16.7 Å². The van der Waals surface area contributed by atoms with Crippen molar-refractivity contribution in [2.75, 3.05) is 5.32 Å². The zero-order valence-corrected chi connectivity index (χ0v) is 15.6. The van der Waals surface area contributed by atoms with E-state index in [-0.39, 0.29) is 0 Å². The van der Waals surface area contributed by atoms with Gasteiger partial charge in [-0.15, -0.1) is 0 Å². The second-order valence-corrected chi connectivity index (χ2v) is 7.57. The molecule has 138 valence electrons. The molecular weight excluding hydrogens is 336 g/mol. The molecule has 5 rings (SSSR count). The highest BCUT2D eigenvalue weighted by molar-refractivity contribution is 5.75. The van der Waals surface area contributed by atoms with Crippen molar-refractivity contribution < 1.29 is 0 Å². The largest absolute Gasteiger partial charge is 0.366 e. The topological polar surface area (TPSA) is 70.9 Å². The van der Waals surface area contributed by atoms with Crippen LogP contribution in [0.2, 0.25) is 0 Å². The van der Waals surface area contributed by atoms with Crippen LogP contribution < -0.4 is 5.32 Å². The van der Waals surface area contributed by atoms with E-state index < -0.39 is 0 Å². The quantitative estimate of drug-likeness (QED) is 0.559. The van der Waals surface area contributed by atoms with E-state index in [0.717, 1.165) is 34.6 Å². The first-order chi connectivity index (χ1) is 13.3. The van der Waals surface area contributed by atoms with Crippen LogP contribution in [0.4, 0.5) is 5.82 Å². The van der Waals surface area contributed by atoms with Crippen LogP contribution in [-0.4, -0.2) is 24.6 Å². The van der Waals surface area contributed by atoms with Crippen LogP contribution in [0.15, 0.2) is 36.8 Å². The van der Waals surface area contributed by atoms with Crippen molar-refractivity contribution in [2.45, 2.75) is 51.5 Å². The third kappa shape index (κ3) is 3.05. The van der Waals surface area contributed by atoms with Crippen molar-refractivity contribution in [3.63, 3.8) is 0 Å². The van der Waals surface area contributed by atoms with Crippen LogP contribution in [0, 0.1) is 6.92 Å². The molecule has 1 fully saturated rings.